The summed E-state index contributed by atoms with van der Waals surface area (Å²) in [5.74, 6) is -0.693. The lowest BCUT2D eigenvalue weighted by molar-refractivity contribution is -0.138. The molecule has 5 nitrogen and oxygen atoms in total. The summed E-state index contributed by atoms with van der Waals surface area (Å²) in [5, 5.41) is 21.3. The molecule has 0 saturated carbocycles. The second kappa shape index (κ2) is 6.66. The Balaban J connectivity index is 2.91. The molecule has 0 atom stereocenters. The lowest BCUT2D eigenvalue weighted by atomic mass is 10.2. The van der Waals surface area contributed by atoms with E-state index in [0.717, 1.165) is 0 Å². The van der Waals surface area contributed by atoms with Gasteiger partial charge in [0.05, 0.1) is 11.6 Å². The van der Waals surface area contributed by atoms with Crippen LogP contribution in [0.3, 0.4) is 0 Å². The molecule has 0 aliphatic rings. The number of esters is 1. The third-order valence-corrected chi connectivity index (χ3v) is 2.54. The fourth-order valence-electron chi connectivity index (χ4n) is 1.32. The number of nitrogens with zero attached hydrogens (tertiary/aromatic N) is 1. The zero-order valence-corrected chi connectivity index (χ0v) is 11.3. The highest BCUT2D eigenvalue weighted by Crippen LogP contribution is 2.30. The number of nitriles is 1. The number of phenols is 1. The molecule has 0 spiro atoms. The van der Waals surface area contributed by atoms with E-state index in [1.54, 1.807) is 26.0 Å². The number of nitrogens with one attached hydrogen (secondary N) is 1. The summed E-state index contributed by atoms with van der Waals surface area (Å²) < 4.78 is 4.71. The second-order valence-electron chi connectivity index (χ2n) is 3.66. The Bertz CT molecular complexity index is 538. The first kappa shape index (κ1) is 14.9. The van der Waals surface area contributed by atoms with E-state index in [-0.39, 0.29) is 23.0 Å². The summed E-state index contributed by atoms with van der Waals surface area (Å²) >= 11 is 5.81. The smallest absolute Gasteiger partial charge is 0.350 e. The van der Waals surface area contributed by atoms with Crippen LogP contribution in [0.15, 0.2) is 23.9 Å². The van der Waals surface area contributed by atoms with Crippen LogP contribution in [0.25, 0.3) is 0 Å². The highest BCUT2D eigenvalue weighted by Gasteiger charge is 2.10. The van der Waals surface area contributed by atoms with Crippen molar-refractivity contribution < 1.29 is 14.6 Å². The van der Waals surface area contributed by atoms with Gasteiger partial charge in [-0.1, -0.05) is 11.6 Å². The van der Waals surface area contributed by atoms with Gasteiger partial charge in [0, 0.05) is 11.9 Å². The quantitative estimate of drug-likeness (QED) is 0.383. The maximum absolute atomic E-state index is 11.4. The number of hydrogen-bond donors (Lipinski definition) is 2. The molecule has 0 heterocycles. The van der Waals surface area contributed by atoms with Gasteiger partial charge in [0.25, 0.3) is 0 Å². The maximum Gasteiger partial charge on any atom is 0.350 e. The normalized spacial score (nSPS) is 10.7. The van der Waals surface area contributed by atoms with Crippen molar-refractivity contribution in [1.29, 1.82) is 5.26 Å². The number of ether oxygens (including phenoxy) is 1. The van der Waals surface area contributed by atoms with E-state index in [1.807, 2.05) is 0 Å². The van der Waals surface area contributed by atoms with E-state index in [9.17, 15) is 9.90 Å². The molecule has 1 aromatic carbocycles. The average Bonchev–Trinajstić information content (AvgIpc) is 2.37. The summed E-state index contributed by atoms with van der Waals surface area (Å²) in [4.78, 5) is 11.4. The number of halogens is 1. The monoisotopic (exact) mass is 280 g/mol. The Hall–Kier alpha value is -2.19. The fraction of sp³-hybridized carbons (Fsp3) is 0.231. The number of aryl methyl sites for hydroxylation is 1. The van der Waals surface area contributed by atoms with Gasteiger partial charge in [-0.05, 0) is 31.5 Å². The molecule has 6 heteroatoms. The third kappa shape index (κ3) is 3.90. The Morgan fingerprint density at radius 2 is 2.32 bits per heavy atom. The van der Waals surface area contributed by atoms with Crippen LogP contribution in [0.5, 0.6) is 5.75 Å². The van der Waals surface area contributed by atoms with Crippen LogP contribution in [0, 0.1) is 18.3 Å². The van der Waals surface area contributed by atoms with Crippen molar-refractivity contribution in [3.05, 3.63) is 34.5 Å². The minimum Gasteiger partial charge on any atom is -0.506 e. The van der Waals surface area contributed by atoms with Crippen LogP contribution in [0.1, 0.15) is 12.5 Å². The average molecular weight is 281 g/mol. The molecule has 0 aliphatic heterocycles. The molecule has 0 unspecified atom stereocenters. The highest BCUT2D eigenvalue weighted by atomic mass is 35.5. The van der Waals surface area contributed by atoms with Crippen LogP contribution >= 0.6 is 11.6 Å². The van der Waals surface area contributed by atoms with Crippen molar-refractivity contribution >= 4 is 23.3 Å². The zero-order valence-electron chi connectivity index (χ0n) is 10.5. The van der Waals surface area contributed by atoms with Gasteiger partial charge in [-0.2, -0.15) is 5.26 Å². The van der Waals surface area contributed by atoms with Crippen molar-refractivity contribution in [2.45, 2.75) is 13.8 Å². The molecular formula is C13H13ClN2O3. The lowest BCUT2D eigenvalue weighted by Gasteiger charge is -2.07. The molecule has 100 valence electrons. The first-order valence-electron chi connectivity index (χ1n) is 5.52. The predicted molar refractivity (Wildman–Crippen MR) is 71.8 cm³/mol. The zero-order chi connectivity index (χ0) is 14.4. The van der Waals surface area contributed by atoms with Gasteiger partial charge < -0.3 is 15.2 Å². The van der Waals surface area contributed by atoms with Crippen molar-refractivity contribution in [1.82, 2.24) is 0 Å². The second-order valence-corrected chi connectivity index (χ2v) is 4.07. The molecule has 1 aromatic rings. The number of carbonyl (C=O) groups excluding carboxylic acids is 1. The largest absolute Gasteiger partial charge is 0.506 e. The molecule has 0 fully saturated rings. The van der Waals surface area contributed by atoms with E-state index in [0.29, 0.717) is 11.3 Å². The molecule has 0 radical (unpaired) electrons. The van der Waals surface area contributed by atoms with Crippen LogP contribution in [0.2, 0.25) is 5.02 Å². The number of carbonyl (C=O) groups is 1. The Labute approximate surface area is 116 Å². The topological polar surface area (TPSA) is 82.4 Å². The van der Waals surface area contributed by atoms with Crippen LogP contribution < -0.4 is 5.32 Å². The number of phenolic OH excluding ortho intramolecular Hbond substituents is 1. The Kier molecular flexibility index (Phi) is 5.22. The van der Waals surface area contributed by atoms with Gasteiger partial charge in [0.2, 0.25) is 0 Å². The Morgan fingerprint density at radius 3 is 2.84 bits per heavy atom. The van der Waals surface area contributed by atoms with Gasteiger partial charge >= 0.3 is 5.97 Å². The van der Waals surface area contributed by atoms with E-state index in [4.69, 9.17) is 21.6 Å². The van der Waals surface area contributed by atoms with E-state index < -0.39 is 5.97 Å². The first-order valence-corrected chi connectivity index (χ1v) is 5.90. The molecule has 19 heavy (non-hydrogen) atoms. The molecule has 0 amide bonds. The standard InChI is InChI=1S/C13H13ClN2O3/c1-3-19-13(18)9(6-15)7-16-10-4-8(2)12(17)11(14)5-10/h4-5,7,16-17H,3H2,1-2H3. The highest BCUT2D eigenvalue weighted by molar-refractivity contribution is 6.32. The van der Waals surface area contributed by atoms with Crippen molar-refractivity contribution in [2.24, 2.45) is 0 Å². The summed E-state index contributed by atoms with van der Waals surface area (Å²) in [5.41, 5.74) is 0.985. The van der Waals surface area contributed by atoms with Gasteiger partial charge in [0.1, 0.15) is 11.8 Å². The van der Waals surface area contributed by atoms with Crippen LogP contribution in [0.4, 0.5) is 5.69 Å². The minimum absolute atomic E-state index is 0.00194. The third-order valence-electron chi connectivity index (χ3n) is 2.25. The van der Waals surface area contributed by atoms with E-state index in [2.05, 4.69) is 5.32 Å². The Morgan fingerprint density at radius 1 is 1.63 bits per heavy atom. The number of anilines is 1. The van der Waals surface area contributed by atoms with Crippen LogP contribution in [-0.2, 0) is 9.53 Å². The van der Waals surface area contributed by atoms with Crippen molar-refractivity contribution in [3.63, 3.8) is 0 Å². The van der Waals surface area contributed by atoms with Crippen molar-refractivity contribution in [3.8, 4) is 11.8 Å². The van der Waals surface area contributed by atoms with Gasteiger partial charge in [-0.25, -0.2) is 4.79 Å². The van der Waals surface area contributed by atoms with E-state index >= 15 is 0 Å². The summed E-state index contributed by atoms with van der Waals surface area (Å²) in [6.45, 7) is 3.54. The van der Waals surface area contributed by atoms with Gasteiger partial charge in [-0.3, -0.25) is 0 Å². The van der Waals surface area contributed by atoms with Crippen LogP contribution in [-0.4, -0.2) is 17.7 Å². The lowest BCUT2D eigenvalue weighted by Crippen LogP contribution is -2.07. The number of hydrogen-bond acceptors (Lipinski definition) is 5. The molecule has 0 saturated heterocycles. The summed E-state index contributed by atoms with van der Waals surface area (Å²) in [7, 11) is 0. The molecule has 2 N–H and O–H groups in total. The SMILES string of the molecule is CCOC(=O)C(C#N)=CNc1cc(C)c(O)c(Cl)c1. The fourth-order valence-corrected chi connectivity index (χ4v) is 1.59. The molecule has 0 aromatic heterocycles. The molecular weight excluding hydrogens is 268 g/mol. The maximum atomic E-state index is 11.4. The number of rotatable bonds is 4. The summed E-state index contributed by atoms with van der Waals surface area (Å²) in [6.07, 6.45) is 1.24. The van der Waals surface area contributed by atoms with E-state index in [1.165, 1.54) is 12.3 Å². The number of aromatic hydroxyl groups is 1. The first-order chi connectivity index (χ1) is 8.99. The minimum atomic E-state index is -0.695. The molecule has 0 bridgehead atoms. The predicted octanol–water partition coefficient (Wildman–Crippen LogP) is 2.74. The molecule has 1 rings (SSSR count). The van der Waals surface area contributed by atoms with Crippen molar-refractivity contribution in [2.75, 3.05) is 11.9 Å². The molecule has 0 aliphatic carbocycles. The van der Waals surface area contributed by atoms with Gasteiger partial charge in [-0.15, -0.1) is 0 Å². The van der Waals surface area contributed by atoms with Gasteiger partial charge in [0.15, 0.2) is 5.57 Å². The number of benzene rings is 1. The summed E-state index contributed by atoms with van der Waals surface area (Å²) in [6, 6.07) is 4.86.